The molecule has 0 aromatic rings. The summed E-state index contributed by atoms with van der Waals surface area (Å²) in [6, 6.07) is 0. The first-order valence-electron chi connectivity index (χ1n) is 11.0. The average molecular weight is 618 g/mol. The van der Waals surface area contributed by atoms with E-state index in [1.165, 1.54) is 0 Å². The third kappa shape index (κ3) is 11.2. The normalized spacial score (nSPS) is 17.5. The van der Waals surface area contributed by atoms with Crippen molar-refractivity contribution in [2.45, 2.75) is 67.6 Å². The van der Waals surface area contributed by atoms with Crippen LogP contribution in [-0.4, -0.2) is 159 Å². The maximum absolute atomic E-state index is 12.6. The van der Waals surface area contributed by atoms with Gasteiger partial charge in [-0.3, -0.25) is 14.4 Å². The van der Waals surface area contributed by atoms with Gasteiger partial charge in [-0.2, -0.15) is 0 Å². The summed E-state index contributed by atoms with van der Waals surface area (Å²) in [4.78, 5) is 93.3. The summed E-state index contributed by atoms with van der Waals surface area (Å²) < 4.78 is 13.0. The lowest BCUT2D eigenvalue weighted by atomic mass is 9.96. The van der Waals surface area contributed by atoms with Crippen molar-refractivity contribution >= 4 is 47.8 Å². The van der Waals surface area contributed by atoms with Crippen molar-refractivity contribution < 1.29 is 109 Å². The Morgan fingerprint density at radius 2 is 1.19 bits per heavy atom. The molecule has 0 fully saturated rings. The Labute approximate surface area is 231 Å². The molecule has 0 radical (unpaired) electrons. The Hall–Kier alpha value is -4.48. The molecular weight excluding hydrogens is 592 g/mol. The number of carbonyl (C=O) groups is 8. The van der Waals surface area contributed by atoms with E-state index in [9.17, 15) is 69.0 Å². The fraction of sp³-hybridized carbons (Fsp3) is 0.600. The number of rotatable bonds is 19. The van der Waals surface area contributed by atoms with Crippen molar-refractivity contribution in [1.29, 1.82) is 0 Å². The third-order valence-electron chi connectivity index (χ3n) is 4.92. The first kappa shape index (κ1) is 37.5. The van der Waals surface area contributed by atoms with Gasteiger partial charge in [0.05, 0.1) is 25.9 Å². The van der Waals surface area contributed by atoms with E-state index in [-0.39, 0.29) is 0 Å². The number of carboxylic acid groups (broad SMARTS) is 5. The van der Waals surface area contributed by atoms with Crippen LogP contribution in [0.3, 0.4) is 0 Å². The van der Waals surface area contributed by atoms with E-state index in [2.05, 4.69) is 14.2 Å². The van der Waals surface area contributed by atoms with E-state index in [0.717, 1.165) is 0 Å². The van der Waals surface area contributed by atoms with Crippen molar-refractivity contribution in [3.8, 4) is 0 Å². The van der Waals surface area contributed by atoms with Gasteiger partial charge < -0.3 is 70.4 Å². The second kappa shape index (κ2) is 16.1. The molecule has 4 unspecified atom stereocenters. The number of aliphatic hydroxyl groups is 6. The highest BCUT2D eigenvalue weighted by Gasteiger charge is 2.48. The molecule has 0 bridgehead atoms. The van der Waals surface area contributed by atoms with Crippen molar-refractivity contribution in [2.75, 3.05) is 6.61 Å². The maximum Gasteiger partial charge on any atom is 0.352 e. The van der Waals surface area contributed by atoms with Crippen molar-refractivity contribution in [1.82, 2.24) is 0 Å². The number of hydrogen-bond donors (Lipinski definition) is 11. The summed E-state index contributed by atoms with van der Waals surface area (Å²) >= 11 is 0. The minimum Gasteiger partial charge on any atom is -0.481 e. The van der Waals surface area contributed by atoms with Gasteiger partial charge in [-0.25, -0.2) is 24.0 Å². The fourth-order valence-corrected chi connectivity index (χ4v) is 2.76. The lowest BCUT2D eigenvalue weighted by Crippen LogP contribution is -2.53. The van der Waals surface area contributed by atoms with E-state index in [1.807, 2.05) is 0 Å². The highest BCUT2D eigenvalue weighted by molar-refractivity contribution is 5.92. The molecule has 11 N–H and O–H groups in total. The molecule has 22 nitrogen and oxygen atoms in total. The summed E-state index contributed by atoms with van der Waals surface area (Å²) in [6.07, 6.45) is -24.2. The van der Waals surface area contributed by atoms with Gasteiger partial charge in [0.2, 0.25) is 18.3 Å². The minimum atomic E-state index is -3.44. The molecule has 0 saturated carbocycles. The molecule has 8 atom stereocenters. The Bertz CT molecular complexity index is 1050. The molecule has 0 aliphatic carbocycles. The van der Waals surface area contributed by atoms with Gasteiger partial charge in [0.1, 0.15) is 18.3 Å². The number of esters is 3. The largest absolute Gasteiger partial charge is 0.481 e. The Morgan fingerprint density at radius 3 is 1.60 bits per heavy atom. The van der Waals surface area contributed by atoms with Gasteiger partial charge in [-0.05, 0) is 0 Å². The van der Waals surface area contributed by atoms with Gasteiger partial charge in [0, 0.05) is 0 Å². The van der Waals surface area contributed by atoms with E-state index < -0.39 is 122 Å². The lowest BCUT2D eigenvalue weighted by molar-refractivity contribution is -0.202. The van der Waals surface area contributed by atoms with Crippen molar-refractivity contribution in [3.05, 3.63) is 0 Å². The van der Waals surface area contributed by atoms with Gasteiger partial charge >= 0.3 is 47.8 Å². The van der Waals surface area contributed by atoms with Crippen LogP contribution in [0, 0.1) is 0 Å². The number of hydrogen-bond acceptors (Lipinski definition) is 17. The van der Waals surface area contributed by atoms with Crippen LogP contribution in [0.2, 0.25) is 0 Å². The fourth-order valence-electron chi connectivity index (χ4n) is 2.76. The molecular formula is C20H26O22. The standard InChI is InChI=1S/C20H26O22/c21-4-5(22)10(28)11(29)12(30)17(35)42-13(16(33)34)14(18(36)40-6(15(31)32)1-7(23)24)41-9(27)3-20(39,19(37)38)2-8(25)26/h5-6,10-14,21-22,28-30,39H,1-4H2,(H,23,24)(H,25,26)(H,31,32)(H,33,34)(H,37,38)/t5-,6?,10-,11+,12-,13?,14?,20?/m1/s1. The van der Waals surface area contributed by atoms with Crippen LogP contribution in [0.15, 0.2) is 0 Å². The van der Waals surface area contributed by atoms with Crippen LogP contribution >= 0.6 is 0 Å². The monoisotopic (exact) mass is 618 g/mol. The predicted octanol–water partition coefficient (Wildman–Crippen LogP) is -6.52. The molecule has 238 valence electrons. The second-order valence-electron chi connectivity index (χ2n) is 8.23. The summed E-state index contributed by atoms with van der Waals surface area (Å²) in [6.45, 7) is -1.22. The van der Waals surface area contributed by atoms with Crippen LogP contribution in [0.5, 0.6) is 0 Å². The van der Waals surface area contributed by atoms with Crippen LogP contribution in [-0.2, 0) is 52.6 Å². The molecule has 0 aliphatic heterocycles. The molecule has 0 heterocycles. The number of carbonyl (C=O) groups excluding carboxylic acids is 3. The zero-order chi connectivity index (χ0) is 33.1. The number of carboxylic acids is 5. The summed E-state index contributed by atoms with van der Waals surface area (Å²) in [5.41, 5.74) is -3.44. The molecule has 0 aromatic carbocycles. The lowest BCUT2D eigenvalue weighted by Gasteiger charge is -2.28. The third-order valence-corrected chi connectivity index (χ3v) is 4.92. The molecule has 22 heteroatoms. The van der Waals surface area contributed by atoms with Gasteiger partial charge in [0.15, 0.2) is 11.7 Å². The Balaban J connectivity index is 6.43. The quantitative estimate of drug-likeness (QED) is 0.0473. The van der Waals surface area contributed by atoms with Gasteiger partial charge in [0.25, 0.3) is 0 Å². The van der Waals surface area contributed by atoms with E-state index >= 15 is 0 Å². The van der Waals surface area contributed by atoms with E-state index in [1.54, 1.807) is 0 Å². The first-order valence-corrected chi connectivity index (χ1v) is 11.0. The van der Waals surface area contributed by atoms with Crippen LogP contribution in [0.4, 0.5) is 0 Å². The van der Waals surface area contributed by atoms with Crippen molar-refractivity contribution in [2.24, 2.45) is 0 Å². The predicted molar refractivity (Wildman–Crippen MR) is 118 cm³/mol. The SMILES string of the molecule is O=C(O)CC(OC(=O)C(OC(=O)CC(O)(CC(=O)O)C(=O)O)C(OC(=O)[C@H](O)[C@@H](O)[C@H](O)[C@H](O)CO)C(=O)O)C(=O)O. The second-order valence-corrected chi connectivity index (χ2v) is 8.23. The zero-order valence-electron chi connectivity index (χ0n) is 20.8. The molecule has 42 heavy (non-hydrogen) atoms. The van der Waals surface area contributed by atoms with Crippen molar-refractivity contribution in [3.63, 3.8) is 0 Å². The molecule has 0 saturated heterocycles. The van der Waals surface area contributed by atoms with Gasteiger partial charge in [-0.1, -0.05) is 0 Å². The Morgan fingerprint density at radius 1 is 0.643 bits per heavy atom. The highest BCUT2D eigenvalue weighted by atomic mass is 16.6. The first-order chi connectivity index (χ1) is 19.2. The van der Waals surface area contributed by atoms with Crippen LogP contribution in [0.25, 0.3) is 0 Å². The average Bonchev–Trinajstić information content (AvgIpc) is 2.86. The number of aliphatic hydroxyl groups excluding tert-OH is 5. The van der Waals surface area contributed by atoms with Crippen LogP contribution < -0.4 is 0 Å². The summed E-state index contributed by atoms with van der Waals surface area (Å²) in [5, 5.41) is 102. The molecule has 0 aliphatic rings. The number of ether oxygens (including phenoxy) is 3. The maximum atomic E-state index is 12.6. The summed E-state index contributed by atoms with van der Waals surface area (Å²) in [5.74, 6) is -17.4. The number of aliphatic carboxylic acids is 5. The zero-order valence-corrected chi connectivity index (χ0v) is 20.8. The minimum absolute atomic E-state index is 1.22. The van der Waals surface area contributed by atoms with Gasteiger partial charge in [-0.15, -0.1) is 0 Å². The summed E-state index contributed by atoms with van der Waals surface area (Å²) in [7, 11) is 0. The molecule has 0 spiro atoms. The Kier molecular flexibility index (Phi) is 14.4. The molecule has 0 aromatic heterocycles. The van der Waals surface area contributed by atoms with E-state index in [4.69, 9.17) is 25.5 Å². The topological polar surface area (TPSA) is 387 Å². The molecule has 0 amide bonds. The molecule has 0 rings (SSSR count). The smallest absolute Gasteiger partial charge is 0.352 e. The van der Waals surface area contributed by atoms with E-state index in [0.29, 0.717) is 0 Å². The van der Waals surface area contributed by atoms with Crippen LogP contribution in [0.1, 0.15) is 19.3 Å². The highest BCUT2D eigenvalue weighted by Crippen LogP contribution is 2.20.